The number of rotatable bonds is 5. The summed E-state index contributed by atoms with van der Waals surface area (Å²) < 4.78 is 0. The van der Waals surface area contributed by atoms with Crippen molar-refractivity contribution in [2.24, 2.45) is 0 Å². The standard InChI is InChI=1S/C28H21N7O/c1-17(22-11-9-18(15-29)16-32-22)33-28(36)26-27(30)35-24(19-6-3-2-4-7-19)25(34-26)21-10-12-23-20(14-21)8-5-13-31-23/h2-14,16-17H,1H3,(H2,30,35)(H,33,36). The second kappa shape index (κ2) is 9.60. The van der Waals surface area contributed by atoms with Gasteiger partial charge in [-0.3, -0.25) is 14.8 Å². The molecule has 8 heteroatoms. The van der Waals surface area contributed by atoms with E-state index in [2.05, 4.69) is 20.3 Å². The number of benzene rings is 2. The van der Waals surface area contributed by atoms with Crippen LogP contribution in [0.3, 0.4) is 0 Å². The molecule has 36 heavy (non-hydrogen) atoms. The fourth-order valence-electron chi connectivity index (χ4n) is 3.90. The minimum atomic E-state index is -0.470. The van der Waals surface area contributed by atoms with Crippen LogP contribution in [0.15, 0.2) is 85.2 Å². The molecule has 3 aromatic heterocycles. The van der Waals surface area contributed by atoms with Crippen LogP contribution < -0.4 is 11.1 Å². The molecule has 2 aromatic carbocycles. The number of hydrogen-bond acceptors (Lipinski definition) is 7. The van der Waals surface area contributed by atoms with Crippen LogP contribution in [0, 0.1) is 11.3 Å². The van der Waals surface area contributed by atoms with E-state index in [1.807, 2.05) is 66.7 Å². The summed E-state index contributed by atoms with van der Waals surface area (Å²) >= 11 is 0. The molecule has 0 aliphatic heterocycles. The molecule has 8 nitrogen and oxygen atoms in total. The van der Waals surface area contributed by atoms with Gasteiger partial charge in [-0.25, -0.2) is 9.97 Å². The van der Waals surface area contributed by atoms with Crippen LogP contribution in [-0.2, 0) is 0 Å². The van der Waals surface area contributed by atoms with Gasteiger partial charge in [0.1, 0.15) is 6.07 Å². The molecule has 0 fully saturated rings. The molecule has 5 rings (SSSR count). The molecule has 0 saturated heterocycles. The molecule has 0 saturated carbocycles. The summed E-state index contributed by atoms with van der Waals surface area (Å²) in [5, 5.41) is 12.8. The van der Waals surface area contributed by atoms with Crippen molar-refractivity contribution in [3.8, 4) is 28.6 Å². The summed E-state index contributed by atoms with van der Waals surface area (Å²) in [6, 6.07) is 24.2. The lowest BCUT2D eigenvalue weighted by atomic mass is 10.0. The maximum absolute atomic E-state index is 13.2. The molecule has 3 N–H and O–H groups in total. The van der Waals surface area contributed by atoms with Crippen LogP contribution in [0.1, 0.15) is 34.7 Å². The zero-order chi connectivity index (χ0) is 25.1. The summed E-state index contributed by atoms with van der Waals surface area (Å²) in [6.45, 7) is 1.80. The second-order valence-electron chi connectivity index (χ2n) is 8.21. The van der Waals surface area contributed by atoms with Crippen molar-refractivity contribution in [3.63, 3.8) is 0 Å². The highest BCUT2D eigenvalue weighted by Gasteiger charge is 2.22. The number of carbonyl (C=O) groups is 1. The Morgan fingerprint density at radius 1 is 0.944 bits per heavy atom. The second-order valence-corrected chi connectivity index (χ2v) is 8.21. The summed E-state index contributed by atoms with van der Waals surface area (Å²) in [7, 11) is 0. The minimum Gasteiger partial charge on any atom is -0.382 e. The molecule has 1 amide bonds. The number of nitrogens with two attached hydrogens (primary N) is 1. The molecule has 174 valence electrons. The van der Waals surface area contributed by atoms with Crippen molar-refractivity contribution in [1.29, 1.82) is 5.26 Å². The predicted molar refractivity (Wildman–Crippen MR) is 137 cm³/mol. The lowest BCUT2D eigenvalue weighted by molar-refractivity contribution is 0.0935. The Hall–Kier alpha value is -5.16. The Bertz CT molecular complexity index is 1610. The number of anilines is 1. The maximum Gasteiger partial charge on any atom is 0.274 e. The maximum atomic E-state index is 13.2. The Kier molecular flexibility index (Phi) is 6.03. The third-order valence-electron chi connectivity index (χ3n) is 5.77. The molecule has 0 radical (unpaired) electrons. The van der Waals surface area contributed by atoms with E-state index < -0.39 is 11.9 Å². The van der Waals surface area contributed by atoms with Crippen LogP contribution in [-0.4, -0.2) is 25.8 Å². The molecule has 1 unspecified atom stereocenters. The van der Waals surface area contributed by atoms with Gasteiger partial charge in [-0.1, -0.05) is 42.5 Å². The van der Waals surface area contributed by atoms with Crippen molar-refractivity contribution in [3.05, 3.63) is 102 Å². The lowest BCUT2D eigenvalue weighted by Crippen LogP contribution is -2.29. The van der Waals surface area contributed by atoms with Crippen LogP contribution in [0.2, 0.25) is 0 Å². The SMILES string of the molecule is CC(NC(=O)c1nc(-c2ccc3ncccc3c2)c(-c2ccccc2)nc1N)c1ccc(C#N)cn1. The monoisotopic (exact) mass is 471 g/mol. The van der Waals surface area contributed by atoms with Crippen molar-refractivity contribution in [2.75, 3.05) is 5.73 Å². The third-order valence-corrected chi connectivity index (χ3v) is 5.77. The number of nitrogens with one attached hydrogen (secondary N) is 1. The quantitative estimate of drug-likeness (QED) is 0.380. The average molecular weight is 472 g/mol. The number of amides is 1. The van der Waals surface area contributed by atoms with Gasteiger partial charge in [0.25, 0.3) is 5.91 Å². The lowest BCUT2D eigenvalue weighted by Gasteiger charge is -2.16. The normalized spacial score (nSPS) is 11.6. The molecule has 1 atom stereocenters. The van der Waals surface area contributed by atoms with E-state index in [0.717, 1.165) is 22.0 Å². The number of carbonyl (C=O) groups excluding carboxylic acids is 1. The van der Waals surface area contributed by atoms with Gasteiger partial charge in [0.2, 0.25) is 0 Å². The number of pyridine rings is 2. The van der Waals surface area contributed by atoms with E-state index in [9.17, 15) is 4.79 Å². The highest BCUT2D eigenvalue weighted by Crippen LogP contribution is 2.32. The molecular formula is C28H21N7O. The summed E-state index contributed by atoms with van der Waals surface area (Å²) in [5.41, 5.74) is 10.9. The van der Waals surface area contributed by atoms with Crippen molar-refractivity contribution < 1.29 is 4.79 Å². The first-order valence-corrected chi connectivity index (χ1v) is 11.3. The summed E-state index contributed by atoms with van der Waals surface area (Å²) in [5.74, 6) is -0.445. The topological polar surface area (TPSA) is 130 Å². The van der Waals surface area contributed by atoms with Gasteiger partial charge in [-0.2, -0.15) is 5.26 Å². The van der Waals surface area contributed by atoms with Gasteiger partial charge in [-0.15, -0.1) is 0 Å². The molecular weight excluding hydrogens is 450 g/mol. The zero-order valence-electron chi connectivity index (χ0n) is 19.4. The highest BCUT2D eigenvalue weighted by atomic mass is 16.2. The predicted octanol–water partition coefficient (Wildman–Crippen LogP) is 4.70. The first kappa shape index (κ1) is 22.6. The van der Waals surface area contributed by atoms with Gasteiger partial charge in [0, 0.05) is 28.9 Å². The largest absolute Gasteiger partial charge is 0.382 e. The molecule has 0 bridgehead atoms. The number of nitrogen functional groups attached to an aromatic ring is 1. The molecule has 5 aromatic rings. The van der Waals surface area contributed by atoms with E-state index in [1.54, 1.807) is 25.3 Å². The number of nitrogens with zero attached hydrogens (tertiary/aromatic N) is 5. The van der Waals surface area contributed by atoms with Crippen molar-refractivity contribution >= 4 is 22.6 Å². The first-order chi connectivity index (χ1) is 17.5. The molecule has 0 spiro atoms. The van der Waals surface area contributed by atoms with Gasteiger partial charge in [0.15, 0.2) is 11.5 Å². The van der Waals surface area contributed by atoms with Crippen LogP contribution in [0.4, 0.5) is 5.82 Å². The molecule has 3 heterocycles. The fraction of sp³-hybridized carbons (Fsp3) is 0.0714. The van der Waals surface area contributed by atoms with Crippen molar-refractivity contribution in [2.45, 2.75) is 13.0 Å². The van der Waals surface area contributed by atoms with E-state index in [1.165, 1.54) is 6.20 Å². The zero-order valence-corrected chi connectivity index (χ0v) is 19.4. The third kappa shape index (κ3) is 4.45. The number of nitriles is 1. The van der Waals surface area contributed by atoms with Crippen molar-refractivity contribution in [1.82, 2.24) is 25.3 Å². The van der Waals surface area contributed by atoms with Gasteiger partial charge >= 0.3 is 0 Å². The summed E-state index contributed by atoms with van der Waals surface area (Å²) in [6.07, 6.45) is 3.21. The fourth-order valence-corrected chi connectivity index (χ4v) is 3.90. The molecule has 0 aliphatic carbocycles. The van der Waals surface area contributed by atoms with E-state index in [0.29, 0.717) is 22.6 Å². The smallest absolute Gasteiger partial charge is 0.274 e. The summed E-state index contributed by atoms with van der Waals surface area (Å²) in [4.78, 5) is 31.2. The average Bonchev–Trinajstić information content (AvgIpc) is 2.93. The molecule has 0 aliphatic rings. The van der Waals surface area contributed by atoms with E-state index >= 15 is 0 Å². The minimum absolute atomic E-state index is 0.0245. The Morgan fingerprint density at radius 2 is 1.75 bits per heavy atom. The number of fused-ring (bicyclic) bond motifs is 1. The van der Waals surface area contributed by atoms with Crippen LogP contribution in [0.5, 0.6) is 0 Å². The Balaban J connectivity index is 1.56. The highest BCUT2D eigenvalue weighted by molar-refractivity contribution is 5.98. The number of aromatic nitrogens is 4. The Morgan fingerprint density at radius 3 is 2.50 bits per heavy atom. The van der Waals surface area contributed by atoms with E-state index in [-0.39, 0.29) is 11.5 Å². The van der Waals surface area contributed by atoms with Gasteiger partial charge in [-0.05, 0) is 37.3 Å². The Labute approximate surface area is 207 Å². The van der Waals surface area contributed by atoms with Gasteiger partial charge < -0.3 is 11.1 Å². The number of hydrogen-bond donors (Lipinski definition) is 2. The van der Waals surface area contributed by atoms with Crippen LogP contribution in [0.25, 0.3) is 33.4 Å². The van der Waals surface area contributed by atoms with E-state index in [4.69, 9.17) is 16.0 Å². The van der Waals surface area contributed by atoms with Crippen LogP contribution >= 0.6 is 0 Å². The van der Waals surface area contributed by atoms with Gasteiger partial charge in [0.05, 0.1) is 34.2 Å². The first-order valence-electron chi connectivity index (χ1n) is 11.3.